The van der Waals surface area contributed by atoms with Crippen LogP contribution in [0.15, 0.2) is 47.0 Å². The topological polar surface area (TPSA) is 59.2 Å². The zero-order chi connectivity index (χ0) is 20.8. The Hall–Kier alpha value is -3.23. The molecular formula is C20H15F4N3O2. The average molecular weight is 405 g/mol. The molecular weight excluding hydrogens is 390 g/mol. The van der Waals surface area contributed by atoms with Crippen molar-refractivity contribution in [2.45, 2.75) is 25.4 Å². The summed E-state index contributed by atoms with van der Waals surface area (Å²) >= 11 is 0. The quantitative estimate of drug-likeness (QED) is 0.592. The second-order valence-electron chi connectivity index (χ2n) is 6.87. The van der Waals surface area contributed by atoms with E-state index in [0.29, 0.717) is 5.69 Å². The van der Waals surface area contributed by atoms with Crippen LogP contribution in [-0.2, 0) is 11.0 Å². The molecule has 0 spiro atoms. The van der Waals surface area contributed by atoms with Crippen molar-refractivity contribution in [2.24, 2.45) is 0 Å². The maximum atomic E-state index is 13.6. The van der Waals surface area contributed by atoms with Gasteiger partial charge in [0.05, 0.1) is 11.5 Å². The highest BCUT2D eigenvalue weighted by Gasteiger charge is 2.36. The van der Waals surface area contributed by atoms with Crippen molar-refractivity contribution in [1.82, 2.24) is 10.1 Å². The van der Waals surface area contributed by atoms with Crippen molar-refractivity contribution < 1.29 is 26.9 Å². The first-order valence-electron chi connectivity index (χ1n) is 8.80. The Bertz CT molecular complexity index is 1080. The summed E-state index contributed by atoms with van der Waals surface area (Å²) in [5, 5.41) is 3.77. The molecule has 0 bridgehead atoms. The third-order valence-corrected chi connectivity index (χ3v) is 4.83. The number of hydrogen-bond acceptors (Lipinski definition) is 4. The molecule has 2 heterocycles. The molecule has 1 saturated heterocycles. The van der Waals surface area contributed by atoms with E-state index in [9.17, 15) is 22.4 Å². The summed E-state index contributed by atoms with van der Waals surface area (Å²) in [6.45, 7) is 1.99. The van der Waals surface area contributed by atoms with Crippen molar-refractivity contribution in [3.63, 3.8) is 0 Å². The van der Waals surface area contributed by atoms with E-state index in [2.05, 4.69) is 10.1 Å². The highest BCUT2D eigenvalue weighted by Crippen LogP contribution is 2.35. The standard InChI is InChI=1S/C20H15F4N3O2/c1-11-5-6-15(21)9-16(11)27-10-13(8-17(27)28)19-25-18(26-29-19)12-3-2-4-14(7-12)20(22,23)24/h2-7,9,13H,8,10H2,1H3. The molecule has 9 heteroatoms. The molecule has 0 aliphatic carbocycles. The van der Waals surface area contributed by atoms with E-state index >= 15 is 0 Å². The van der Waals surface area contributed by atoms with E-state index in [4.69, 9.17) is 4.52 Å². The molecule has 3 aromatic rings. The van der Waals surface area contributed by atoms with Crippen LogP contribution in [0.4, 0.5) is 23.2 Å². The summed E-state index contributed by atoms with van der Waals surface area (Å²) in [5.41, 5.74) is 0.563. The molecule has 150 valence electrons. The Morgan fingerprint density at radius 3 is 2.72 bits per heavy atom. The van der Waals surface area contributed by atoms with E-state index in [0.717, 1.165) is 17.7 Å². The summed E-state index contributed by atoms with van der Waals surface area (Å²) < 4.78 is 57.5. The van der Waals surface area contributed by atoms with Gasteiger partial charge in [-0.15, -0.1) is 0 Å². The first-order valence-corrected chi connectivity index (χ1v) is 8.80. The minimum absolute atomic E-state index is 0.0129. The predicted molar refractivity (Wildman–Crippen MR) is 95.6 cm³/mol. The number of rotatable bonds is 3. The van der Waals surface area contributed by atoms with Gasteiger partial charge in [0, 0.05) is 24.2 Å². The fourth-order valence-corrected chi connectivity index (χ4v) is 3.33. The summed E-state index contributed by atoms with van der Waals surface area (Å²) in [4.78, 5) is 18.1. The molecule has 1 amide bonds. The SMILES string of the molecule is Cc1ccc(F)cc1N1CC(c2nc(-c3cccc(C(F)(F)F)c3)no2)CC1=O. The lowest BCUT2D eigenvalue weighted by Gasteiger charge is -2.18. The number of anilines is 1. The number of aryl methyl sites for hydroxylation is 1. The summed E-state index contributed by atoms with van der Waals surface area (Å²) in [6, 6.07) is 8.81. The van der Waals surface area contributed by atoms with Gasteiger partial charge < -0.3 is 9.42 Å². The lowest BCUT2D eigenvalue weighted by atomic mass is 10.1. The maximum Gasteiger partial charge on any atom is 0.416 e. The predicted octanol–water partition coefficient (Wildman–Crippen LogP) is 4.72. The molecule has 1 unspecified atom stereocenters. The number of halogens is 4. The van der Waals surface area contributed by atoms with Gasteiger partial charge in [-0.05, 0) is 36.8 Å². The first-order chi connectivity index (χ1) is 13.7. The number of carbonyl (C=O) groups is 1. The molecule has 29 heavy (non-hydrogen) atoms. The van der Waals surface area contributed by atoms with Crippen molar-refractivity contribution in [2.75, 3.05) is 11.4 Å². The Labute approximate surface area is 162 Å². The van der Waals surface area contributed by atoms with Crippen LogP contribution in [0.5, 0.6) is 0 Å². The van der Waals surface area contributed by atoms with Crippen LogP contribution in [0, 0.1) is 12.7 Å². The Morgan fingerprint density at radius 1 is 1.17 bits per heavy atom. The van der Waals surface area contributed by atoms with E-state index in [1.807, 2.05) is 0 Å². The minimum Gasteiger partial charge on any atom is -0.339 e. The number of carbonyl (C=O) groups excluding carboxylic acids is 1. The Balaban J connectivity index is 1.58. The van der Waals surface area contributed by atoms with Gasteiger partial charge in [0.1, 0.15) is 5.82 Å². The zero-order valence-corrected chi connectivity index (χ0v) is 15.2. The second kappa shape index (κ2) is 6.98. The second-order valence-corrected chi connectivity index (χ2v) is 6.87. The third kappa shape index (κ3) is 3.72. The molecule has 1 aliphatic heterocycles. The van der Waals surface area contributed by atoms with Crippen molar-refractivity contribution in [3.8, 4) is 11.4 Å². The fourth-order valence-electron chi connectivity index (χ4n) is 3.33. The molecule has 1 aliphatic rings. The maximum absolute atomic E-state index is 13.6. The summed E-state index contributed by atoms with van der Waals surface area (Å²) in [6.07, 6.45) is -4.40. The van der Waals surface area contributed by atoms with Crippen molar-refractivity contribution >= 4 is 11.6 Å². The number of aromatic nitrogens is 2. The number of alkyl halides is 3. The average Bonchev–Trinajstić information content (AvgIpc) is 3.30. The van der Waals surface area contributed by atoms with E-state index in [1.54, 1.807) is 13.0 Å². The Morgan fingerprint density at radius 2 is 1.97 bits per heavy atom. The molecule has 4 rings (SSSR count). The molecule has 1 atom stereocenters. The molecule has 0 saturated carbocycles. The monoisotopic (exact) mass is 405 g/mol. The van der Waals surface area contributed by atoms with Gasteiger partial charge in [-0.2, -0.15) is 18.2 Å². The smallest absolute Gasteiger partial charge is 0.339 e. The van der Waals surface area contributed by atoms with Crippen LogP contribution in [0.1, 0.15) is 29.4 Å². The van der Waals surface area contributed by atoms with Crippen molar-refractivity contribution in [1.29, 1.82) is 0 Å². The molecule has 5 nitrogen and oxygen atoms in total. The largest absolute Gasteiger partial charge is 0.416 e. The molecule has 1 aromatic heterocycles. The first kappa shape index (κ1) is 19.1. The van der Waals surface area contributed by atoms with E-state index in [-0.39, 0.29) is 36.2 Å². The van der Waals surface area contributed by atoms with Gasteiger partial charge in [0.25, 0.3) is 0 Å². The van der Waals surface area contributed by atoms with Crippen LogP contribution in [-0.4, -0.2) is 22.6 Å². The van der Waals surface area contributed by atoms with Crippen LogP contribution >= 0.6 is 0 Å². The minimum atomic E-state index is -4.48. The lowest BCUT2D eigenvalue weighted by molar-refractivity contribution is -0.137. The zero-order valence-electron chi connectivity index (χ0n) is 15.2. The Kier molecular flexibility index (Phi) is 4.60. The van der Waals surface area contributed by atoms with Crippen molar-refractivity contribution in [3.05, 3.63) is 65.3 Å². The van der Waals surface area contributed by atoms with E-state index < -0.39 is 23.5 Å². The van der Waals surface area contributed by atoms with Crippen LogP contribution in [0.2, 0.25) is 0 Å². The number of amides is 1. The third-order valence-electron chi connectivity index (χ3n) is 4.83. The van der Waals surface area contributed by atoms with Gasteiger partial charge in [-0.3, -0.25) is 4.79 Å². The van der Waals surface area contributed by atoms with Gasteiger partial charge >= 0.3 is 6.18 Å². The summed E-state index contributed by atoms with van der Waals surface area (Å²) in [5.74, 6) is -0.938. The lowest BCUT2D eigenvalue weighted by Crippen LogP contribution is -2.25. The highest BCUT2D eigenvalue weighted by atomic mass is 19.4. The van der Waals surface area contributed by atoms with Gasteiger partial charge in [0.15, 0.2) is 0 Å². The van der Waals surface area contributed by atoms with Crippen LogP contribution in [0.3, 0.4) is 0 Å². The van der Waals surface area contributed by atoms with Gasteiger partial charge in [0.2, 0.25) is 17.6 Å². The fraction of sp³-hybridized carbons (Fsp3) is 0.250. The normalized spacial score (nSPS) is 17.2. The number of benzene rings is 2. The van der Waals surface area contributed by atoms with Crippen LogP contribution in [0.25, 0.3) is 11.4 Å². The molecule has 1 fully saturated rings. The van der Waals surface area contributed by atoms with Gasteiger partial charge in [-0.25, -0.2) is 4.39 Å². The summed E-state index contributed by atoms with van der Waals surface area (Å²) in [7, 11) is 0. The number of nitrogens with zero attached hydrogens (tertiary/aromatic N) is 3. The molecule has 0 N–H and O–H groups in total. The number of hydrogen-bond donors (Lipinski definition) is 0. The van der Waals surface area contributed by atoms with Gasteiger partial charge in [-0.1, -0.05) is 23.4 Å². The molecule has 0 radical (unpaired) electrons. The highest BCUT2D eigenvalue weighted by molar-refractivity contribution is 5.97. The van der Waals surface area contributed by atoms with E-state index in [1.165, 1.54) is 29.2 Å². The van der Waals surface area contributed by atoms with Crippen LogP contribution < -0.4 is 4.90 Å². The molecule has 2 aromatic carbocycles.